The zero-order valence-corrected chi connectivity index (χ0v) is 22.0. The highest BCUT2D eigenvalue weighted by molar-refractivity contribution is 5.80. The van der Waals surface area contributed by atoms with Crippen LogP contribution in [0.1, 0.15) is 37.3 Å². The van der Waals surface area contributed by atoms with Crippen molar-refractivity contribution in [3.63, 3.8) is 0 Å². The first-order chi connectivity index (χ1) is 17.5. The Labute approximate surface area is 214 Å². The maximum Gasteiger partial charge on any atom is 0.223 e. The van der Waals surface area contributed by atoms with Crippen molar-refractivity contribution in [1.29, 1.82) is 0 Å². The summed E-state index contributed by atoms with van der Waals surface area (Å²) >= 11 is 0. The van der Waals surface area contributed by atoms with E-state index in [9.17, 15) is 4.79 Å². The minimum absolute atomic E-state index is 0.103. The van der Waals surface area contributed by atoms with E-state index in [2.05, 4.69) is 88.2 Å². The highest BCUT2D eigenvalue weighted by Gasteiger charge is 2.27. The van der Waals surface area contributed by atoms with Gasteiger partial charge in [-0.25, -0.2) is 4.98 Å². The van der Waals surface area contributed by atoms with Crippen molar-refractivity contribution >= 4 is 28.6 Å². The Hall–Kier alpha value is -3.06. The van der Waals surface area contributed by atoms with Crippen LogP contribution in [0.15, 0.2) is 42.5 Å². The Kier molecular flexibility index (Phi) is 7.46. The number of aryl methyl sites for hydroxylation is 2. The first kappa shape index (κ1) is 24.6. The first-order valence-electron chi connectivity index (χ1n) is 13.5. The summed E-state index contributed by atoms with van der Waals surface area (Å²) in [7, 11) is 0. The van der Waals surface area contributed by atoms with E-state index >= 15 is 0 Å². The lowest BCUT2D eigenvalue weighted by Gasteiger charge is -2.41. The van der Waals surface area contributed by atoms with Crippen LogP contribution < -0.4 is 15.1 Å². The summed E-state index contributed by atoms with van der Waals surface area (Å²) in [4.78, 5) is 28.3. The molecule has 0 radical (unpaired) electrons. The van der Waals surface area contributed by atoms with Gasteiger partial charge in [-0.1, -0.05) is 18.2 Å². The van der Waals surface area contributed by atoms with Crippen LogP contribution in [0, 0.1) is 19.8 Å². The van der Waals surface area contributed by atoms with Gasteiger partial charge in [-0.15, -0.1) is 0 Å². The molecular formula is C29H40N6O. The van der Waals surface area contributed by atoms with Gasteiger partial charge >= 0.3 is 0 Å². The van der Waals surface area contributed by atoms with Crippen LogP contribution in [0.3, 0.4) is 0 Å². The highest BCUT2D eigenvalue weighted by atomic mass is 16.1. The zero-order chi connectivity index (χ0) is 25.1. The monoisotopic (exact) mass is 488 g/mol. The Balaban J connectivity index is 1.01. The summed E-state index contributed by atoms with van der Waals surface area (Å²) in [5.74, 6) is 1.24. The lowest BCUT2D eigenvalue weighted by molar-refractivity contribution is -0.125. The second-order valence-electron chi connectivity index (χ2n) is 10.7. The number of imidazole rings is 1. The fourth-order valence-corrected chi connectivity index (χ4v) is 5.70. The number of hydrogen-bond acceptors (Lipinski definition) is 5. The number of carbonyl (C=O) groups is 1. The van der Waals surface area contributed by atoms with Gasteiger partial charge in [0.1, 0.15) is 0 Å². The number of piperazine rings is 1. The van der Waals surface area contributed by atoms with Crippen molar-refractivity contribution in [3.05, 3.63) is 53.6 Å². The quantitative estimate of drug-likeness (QED) is 0.490. The van der Waals surface area contributed by atoms with Crippen LogP contribution in [0.2, 0.25) is 0 Å². The molecule has 36 heavy (non-hydrogen) atoms. The van der Waals surface area contributed by atoms with Crippen molar-refractivity contribution in [1.82, 2.24) is 20.2 Å². The number of aromatic nitrogens is 2. The van der Waals surface area contributed by atoms with E-state index in [0.29, 0.717) is 6.04 Å². The van der Waals surface area contributed by atoms with E-state index in [4.69, 9.17) is 4.98 Å². The third-order valence-electron chi connectivity index (χ3n) is 7.79. The summed E-state index contributed by atoms with van der Waals surface area (Å²) in [5.41, 5.74) is 5.95. The second-order valence-corrected chi connectivity index (χ2v) is 10.7. The molecule has 1 amide bonds. The lowest BCUT2D eigenvalue weighted by atomic mass is 9.96. The molecule has 2 aromatic carbocycles. The van der Waals surface area contributed by atoms with Gasteiger partial charge in [0.05, 0.1) is 11.0 Å². The topological polar surface area (TPSA) is 67.5 Å². The van der Waals surface area contributed by atoms with Crippen molar-refractivity contribution in [2.24, 2.45) is 5.92 Å². The van der Waals surface area contributed by atoms with Crippen LogP contribution >= 0.6 is 0 Å². The number of anilines is 2. The Morgan fingerprint density at radius 1 is 1.06 bits per heavy atom. The van der Waals surface area contributed by atoms with Crippen LogP contribution in [-0.2, 0) is 4.79 Å². The highest BCUT2D eigenvalue weighted by Crippen LogP contribution is 2.25. The van der Waals surface area contributed by atoms with Crippen molar-refractivity contribution < 1.29 is 4.79 Å². The number of H-pyrrole nitrogens is 1. The fourth-order valence-electron chi connectivity index (χ4n) is 5.70. The smallest absolute Gasteiger partial charge is 0.223 e. The zero-order valence-electron chi connectivity index (χ0n) is 22.0. The maximum absolute atomic E-state index is 12.8. The number of aromatic amines is 1. The van der Waals surface area contributed by atoms with Crippen molar-refractivity contribution in [3.8, 4) is 0 Å². The Morgan fingerprint density at radius 3 is 2.64 bits per heavy atom. The van der Waals surface area contributed by atoms with Gasteiger partial charge in [0.2, 0.25) is 11.9 Å². The normalized spacial score (nSPS) is 19.7. The molecule has 2 fully saturated rings. The number of rotatable bonds is 7. The molecule has 1 atom stereocenters. The summed E-state index contributed by atoms with van der Waals surface area (Å²) in [6.45, 7) is 13.3. The third kappa shape index (κ3) is 5.67. The predicted molar refractivity (Wildman–Crippen MR) is 148 cm³/mol. The van der Waals surface area contributed by atoms with Gasteiger partial charge in [-0.05, 0) is 82.0 Å². The molecule has 5 rings (SSSR count). The Bertz CT molecular complexity index is 1180. The molecule has 2 N–H and O–H groups in total. The first-order valence-corrected chi connectivity index (χ1v) is 13.5. The van der Waals surface area contributed by atoms with E-state index in [0.717, 1.165) is 82.1 Å². The van der Waals surface area contributed by atoms with E-state index in [1.165, 1.54) is 16.8 Å². The molecule has 7 heteroatoms. The molecule has 2 aliphatic rings. The van der Waals surface area contributed by atoms with Crippen molar-refractivity contribution in [2.75, 3.05) is 55.6 Å². The van der Waals surface area contributed by atoms with Crippen LogP contribution in [-0.4, -0.2) is 72.6 Å². The van der Waals surface area contributed by atoms with E-state index in [-0.39, 0.29) is 11.8 Å². The van der Waals surface area contributed by atoms with Gasteiger partial charge in [0.15, 0.2) is 0 Å². The lowest BCUT2D eigenvalue weighted by Crippen LogP contribution is -2.52. The van der Waals surface area contributed by atoms with E-state index in [1.54, 1.807) is 0 Å². The summed E-state index contributed by atoms with van der Waals surface area (Å²) in [6, 6.07) is 15.6. The number of nitrogens with one attached hydrogen (secondary N) is 2. The summed E-state index contributed by atoms with van der Waals surface area (Å²) < 4.78 is 0. The maximum atomic E-state index is 12.8. The molecule has 192 valence electrons. The largest absolute Gasteiger partial charge is 0.366 e. The molecule has 0 saturated carbocycles. The van der Waals surface area contributed by atoms with Crippen molar-refractivity contribution in [2.45, 2.75) is 46.1 Å². The van der Waals surface area contributed by atoms with Gasteiger partial charge in [-0.3, -0.25) is 9.69 Å². The summed E-state index contributed by atoms with van der Waals surface area (Å²) in [5, 5.41) is 3.21. The molecule has 7 nitrogen and oxygen atoms in total. The fraction of sp³-hybridized carbons (Fsp3) is 0.517. The van der Waals surface area contributed by atoms with Crippen LogP contribution in [0.4, 0.5) is 11.6 Å². The number of amides is 1. The van der Waals surface area contributed by atoms with E-state index in [1.807, 2.05) is 0 Å². The van der Waals surface area contributed by atoms with Gasteiger partial charge < -0.3 is 20.1 Å². The number of benzene rings is 2. The molecule has 1 aromatic heterocycles. The van der Waals surface area contributed by atoms with Gasteiger partial charge in [-0.2, -0.15) is 0 Å². The number of hydrogen-bond donors (Lipinski definition) is 2. The molecular weight excluding hydrogens is 448 g/mol. The number of piperidine rings is 1. The van der Waals surface area contributed by atoms with Gasteiger partial charge in [0, 0.05) is 56.9 Å². The van der Waals surface area contributed by atoms with E-state index < -0.39 is 0 Å². The molecule has 0 bridgehead atoms. The molecule has 0 spiro atoms. The molecule has 3 aromatic rings. The molecule has 2 saturated heterocycles. The minimum atomic E-state index is 0.103. The molecule has 3 heterocycles. The molecule has 1 unspecified atom stereocenters. The number of carbonyl (C=O) groups excluding carboxylic acids is 1. The summed E-state index contributed by atoms with van der Waals surface area (Å²) in [6.07, 6.45) is 2.75. The average molecular weight is 489 g/mol. The third-order valence-corrected chi connectivity index (χ3v) is 7.79. The minimum Gasteiger partial charge on any atom is -0.366 e. The second kappa shape index (κ2) is 10.9. The molecule has 0 aliphatic carbocycles. The average Bonchev–Trinajstić information content (AvgIpc) is 3.30. The van der Waals surface area contributed by atoms with Gasteiger partial charge in [0.25, 0.3) is 0 Å². The number of fused-ring (bicyclic) bond motifs is 1. The number of nitrogens with zero attached hydrogens (tertiary/aromatic N) is 4. The molecule has 2 aliphatic heterocycles. The SMILES string of the molecule is Cc1cccc(N2CCN(CCCNC(=O)C3CCN(c4nc5ccc(C)cc5[nH]4)CC3)CC2C)c1. The van der Waals surface area contributed by atoms with Crippen LogP contribution in [0.25, 0.3) is 11.0 Å². The standard InChI is InChI=1S/C29H40N6O/c1-21-6-4-7-25(18-21)35-17-16-33(20-23(35)3)13-5-12-30-28(36)24-10-14-34(15-11-24)29-31-26-9-8-22(2)19-27(26)32-29/h4,6-9,18-19,23-24H,5,10-17,20H2,1-3H3,(H,30,36)(H,31,32). The predicted octanol–water partition coefficient (Wildman–Crippen LogP) is 4.11. The van der Waals surface area contributed by atoms with Crippen LogP contribution in [0.5, 0.6) is 0 Å². The Morgan fingerprint density at radius 2 is 1.86 bits per heavy atom.